The van der Waals surface area contributed by atoms with Gasteiger partial charge in [0.25, 0.3) is 0 Å². The summed E-state index contributed by atoms with van der Waals surface area (Å²) in [4.78, 5) is 14.5. The molecule has 0 aliphatic heterocycles. The highest BCUT2D eigenvalue weighted by Crippen LogP contribution is 2.41. The standard InChI is InChI=1S/C32H25N3O2/c1-18-12-14-21(15-13-18)30-33-31(28-24-10-6-4-8-22(24)19(2)16-26(28)36)35-32(34-30)29-25-11-7-5-9-23(25)20(3)17-27(29)37/h4-17,36-37H,1-3H3. The van der Waals surface area contributed by atoms with Crippen LogP contribution in [0, 0.1) is 20.8 Å². The second-order valence-electron chi connectivity index (χ2n) is 9.44. The lowest BCUT2D eigenvalue weighted by molar-refractivity contribution is 0.477. The van der Waals surface area contributed by atoms with Gasteiger partial charge in [-0.2, -0.15) is 0 Å². The third-order valence-electron chi connectivity index (χ3n) is 6.85. The highest BCUT2D eigenvalue weighted by atomic mass is 16.3. The molecule has 0 spiro atoms. The van der Waals surface area contributed by atoms with Crippen molar-refractivity contribution in [3.8, 4) is 45.7 Å². The van der Waals surface area contributed by atoms with E-state index in [9.17, 15) is 10.2 Å². The van der Waals surface area contributed by atoms with Crippen molar-refractivity contribution < 1.29 is 10.2 Å². The van der Waals surface area contributed by atoms with Gasteiger partial charge in [-0.25, -0.2) is 15.0 Å². The normalized spacial score (nSPS) is 11.3. The first kappa shape index (κ1) is 22.7. The molecule has 0 bridgehead atoms. The molecule has 6 aromatic rings. The molecule has 0 saturated heterocycles. The Kier molecular flexibility index (Phi) is 5.34. The predicted octanol–water partition coefficient (Wildman–Crippen LogP) is 7.52. The third kappa shape index (κ3) is 3.85. The molecule has 0 unspecified atom stereocenters. The molecular formula is C32H25N3O2. The number of benzene rings is 5. The lowest BCUT2D eigenvalue weighted by atomic mass is 9.97. The molecule has 1 heterocycles. The number of phenols is 2. The van der Waals surface area contributed by atoms with Gasteiger partial charge < -0.3 is 10.2 Å². The van der Waals surface area contributed by atoms with Gasteiger partial charge in [0.2, 0.25) is 0 Å². The van der Waals surface area contributed by atoms with Gasteiger partial charge in [0.15, 0.2) is 17.5 Å². The Bertz CT molecular complexity index is 1720. The maximum Gasteiger partial charge on any atom is 0.168 e. The third-order valence-corrected chi connectivity index (χ3v) is 6.85. The van der Waals surface area contributed by atoms with Crippen molar-refractivity contribution in [2.45, 2.75) is 20.8 Å². The van der Waals surface area contributed by atoms with E-state index in [2.05, 4.69) is 0 Å². The van der Waals surface area contributed by atoms with Crippen LogP contribution in [0.2, 0.25) is 0 Å². The number of aromatic hydroxyl groups is 2. The summed E-state index contributed by atoms with van der Waals surface area (Å²) in [6.45, 7) is 5.97. The maximum absolute atomic E-state index is 11.1. The molecule has 5 heteroatoms. The number of fused-ring (bicyclic) bond motifs is 2. The van der Waals surface area contributed by atoms with Crippen molar-refractivity contribution in [3.63, 3.8) is 0 Å². The average Bonchev–Trinajstić information content (AvgIpc) is 2.89. The number of hydrogen-bond acceptors (Lipinski definition) is 5. The molecule has 1 aromatic heterocycles. The van der Waals surface area contributed by atoms with E-state index in [-0.39, 0.29) is 11.5 Å². The minimum Gasteiger partial charge on any atom is -0.507 e. The van der Waals surface area contributed by atoms with E-state index in [0.29, 0.717) is 28.6 Å². The molecule has 0 atom stereocenters. The van der Waals surface area contributed by atoms with Crippen LogP contribution in [0.25, 0.3) is 55.7 Å². The molecule has 6 rings (SSSR count). The molecule has 0 amide bonds. The van der Waals surface area contributed by atoms with Crippen LogP contribution < -0.4 is 0 Å². The van der Waals surface area contributed by atoms with Crippen LogP contribution in [0.3, 0.4) is 0 Å². The molecule has 0 radical (unpaired) electrons. The van der Waals surface area contributed by atoms with Crippen LogP contribution in [-0.2, 0) is 0 Å². The first-order chi connectivity index (χ1) is 17.9. The van der Waals surface area contributed by atoms with E-state index >= 15 is 0 Å². The van der Waals surface area contributed by atoms with Gasteiger partial charge in [-0.1, -0.05) is 78.4 Å². The Morgan fingerprint density at radius 3 is 1.35 bits per heavy atom. The topological polar surface area (TPSA) is 79.1 Å². The molecule has 0 aliphatic rings. The number of phenolic OH excluding ortho intramolecular Hbond substituents is 2. The van der Waals surface area contributed by atoms with Gasteiger partial charge in [-0.05, 0) is 65.6 Å². The zero-order valence-corrected chi connectivity index (χ0v) is 20.8. The van der Waals surface area contributed by atoms with Crippen molar-refractivity contribution >= 4 is 21.5 Å². The molecule has 5 aromatic carbocycles. The first-order valence-electron chi connectivity index (χ1n) is 12.2. The zero-order chi connectivity index (χ0) is 25.7. The largest absolute Gasteiger partial charge is 0.507 e. The van der Waals surface area contributed by atoms with Crippen LogP contribution in [0.5, 0.6) is 11.5 Å². The molecule has 0 saturated carbocycles. The minimum atomic E-state index is 0.0983. The fourth-order valence-corrected chi connectivity index (χ4v) is 4.98. The van der Waals surface area contributed by atoms with E-state index in [4.69, 9.17) is 15.0 Å². The molecule has 180 valence electrons. The summed E-state index contributed by atoms with van der Waals surface area (Å²) >= 11 is 0. The number of hydrogen-bond donors (Lipinski definition) is 2. The number of nitrogens with zero attached hydrogens (tertiary/aromatic N) is 3. The van der Waals surface area contributed by atoms with Crippen molar-refractivity contribution in [2.75, 3.05) is 0 Å². The second kappa shape index (κ2) is 8.71. The Labute approximate surface area is 214 Å². The summed E-state index contributed by atoms with van der Waals surface area (Å²) in [6, 6.07) is 27.2. The monoisotopic (exact) mass is 483 g/mol. The number of aromatic nitrogens is 3. The van der Waals surface area contributed by atoms with E-state index in [1.807, 2.05) is 93.6 Å². The quantitative estimate of drug-likeness (QED) is 0.272. The molecule has 0 aliphatic carbocycles. The maximum atomic E-state index is 11.1. The Hall–Kier alpha value is -4.77. The van der Waals surface area contributed by atoms with Gasteiger partial charge in [0, 0.05) is 5.56 Å². The fraction of sp³-hybridized carbons (Fsp3) is 0.0938. The van der Waals surface area contributed by atoms with E-state index in [1.165, 1.54) is 0 Å². The Balaban J connectivity index is 1.71. The molecule has 2 N–H and O–H groups in total. The lowest BCUT2D eigenvalue weighted by Gasteiger charge is -2.15. The van der Waals surface area contributed by atoms with E-state index < -0.39 is 0 Å². The Morgan fingerprint density at radius 2 is 0.892 bits per heavy atom. The minimum absolute atomic E-state index is 0.0983. The SMILES string of the molecule is Cc1ccc(-c2nc(-c3c(O)cc(C)c4ccccc34)nc(-c3c(O)cc(C)c4ccccc34)n2)cc1. The van der Waals surface area contributed by atoms with E-state index in [0.717, 1.165) is 43.8 Å². The average molecular weight is 484 g/mol. The molecular weight excluding hydrogens is 458 g/mol. The predicted molar refractivity (Wildman–Crippen MR) is 149 cm³/mol. The fourth-order valence-electron chi connectivity index (χ4n) is 4.98. The smallest absolute Gasteiger partial charge is 0.168 e. The van der Waals surface area contributed by atoms with E-state index in [1.54, 1.807) is 12.1 Å². The molecule has 5 nitrogen and oxygen atoms in total. The van der Waals surface area contributed by atoms with Crippen LogP contribution in [-0.4, -0.2) is 25.2 Å². The van der Waals surface area contributed by atoms with Gasteiger partial charge in [-0.3, -0.25) is 0 Å². The van der Waals surface area contributed by atoms with Crippen LogP contribution >= 0.6 is 0 Å². The van der Waals surface area contributed by atoms with Crippen molar-refractivity contribution in [1.82, 2.24) is 15.0 Å². The zero-order valence-electron chi connectivity index (χ0n) is 20.8. The summed E-state index contributed by atoms with van der Waals surface area (Å²) in [6.07, 6.45) is 0. The van der Waals surface area contributed by atoms with Gasteiger partial charge in [0.1, 0.15) is 11.5 Å². The Morgan fingerprint density at radius 1 is 0.486 bits per heavy atom. The van der Waals surface area contributed by atoms with Crippen LogP contribution in [0.4, 0.5) is 0 Å². The van der Waals surface area contributed by atoms with Crippen LogP contribution in [0.15, 0.2) is 84.9 Å². The summed E-state index contributed by atoms with van der Waals surface area (Å²) in [5, 5.41) is 26.0. The highest BCUT2D eigenvalue weighted by Gasteiger charge is 2.21. The summed E-state index contributed by atoms with van der Waals surface area (Å²) in [7, 11) is 0. The number of aryl methyl sites for hydroxylation is 3. The van der Waals surface area contributed by atoms with Gasteiger partial charge in [-0.15, -0.1) is 0 Å². The summed E-state index contributed by atoms with van der Waals surface area (Å²) in [5.74, 6) is 1.35. The molecule has 0 fully saturated rings. The van der Waals surface area contributed by atoms with Gasteiger partial charge in [0.05, 0.1) is 11.1 Å². The van der Waals surface area contributed by atoms with Gasteiger partial charge >= 0.3 is 0 Å². The van der Waals surface area contributed by atoms with Crippen molar-refractivity contribution in [3.05, 3.63) is 102 Å². The molecule has 37 heavy (non-hydrogen) atoms. The lowest BCUT2D eigenvalue weighted by Crippen LogP contribution is -2.02. The second-order valence-corrected chi connectivity index (χ2v) is 9.44. The summed E-state index contributed by atoms with van der Waals surface area (Å²) in [5.41, 5.74) is 4.95. The highest BCUT2D eigenvalue weighted by molar-refractivity contribution is 6.02. The van der Waals surface area contributed by atoms with Crippen molar-refractivity contribution in [2.24, 2.45) is 0 Å². The van der Waals surface area contributed by atoms with Crippen molar-refractivity contribution in [1.29, 1.82) is 0 Å². The van der Waals surface area contributed by atoms with Crippen LogP contribution in [0.1, 0.15) is 16.7 Å². The first-order valence-corrected chi connectivity index (χ1v) is 12.2. The summed E-state index contributed by atoms with van der Waals surface area (Å²) < 4.78 is 0. The number of rotatable bonds is 3.